The smallest absolute Gasteiger partial charge is 0.264 e. The molecule has 1 aliphatic heterocycles. The van der Waals surface area contributed by atoms with Crippen LogP contribution in [0.2, 0.25) is 0 Å². The molecule has 1 aromatic carbocycles. The van der Waals surface area contributed by atoms with E-state index in [2.05, 4.69) is 21.2 Å². The Bertz CT molecular complexity index is 903. The van der Waals surface area contributed by atoms with Gasteiger partial charge in [0.15, 0.2) is 0 Å². The van der Waals surface area contributed by atoms with Crippen molar-refractivity contribution in [3.63, 3.8) is 0 Å². The zero-order valence-electron chi connectivity index (χ0n) is 16.5. The minimum absolute atomic E-state index is 0.181. The van der Waals surface area contributed by atoms with E-state index in [9.17, 15) is 10.1 Å². The van der Waals surface area contributed by atoms with Gasteiger partial charge >= 0.3 is 0 Å². The number of hydrogen-bond acceptors (Lipinski definition) is 6. The first kappa shape index (κ1) is 19.6. The molecule has 1 aromatic heterocycles. The maximum Gasteiger partial charge on any atom is 0.264 e. The predicted octanol–water partition coefficient (Wildman–Crippen LogP) is 3.84. The summed E-state index contributed by atoms with van der Waals surface area (Å²) in [5, 5.41) is 20.4. The summed E-state index contributed by atoms with van der Waals surface area (Å²) in [6, 6.07) is 11.6. The van der Waals surface area contributed by atoms with E-state index in [1.54, 1.807) is 22.3 Å². The molecule has 4 rings (SSSR count). The Labute approximate surface area is 175 Å². The Balaban J connectivity index is 1.36. The van der Waals surface area contributed by atoms with Crippen LogP contribution in [-0.4, -0.2) is 47.2 Å². The van der Waals surface area contributed by atoms with Crippen LogP contribution in [0.5, 0.6) is 0 Å². The summed E-state index contributed by atoms with van der Waals surface area (Å²) in [5.74, 6) is 0.371. The van der Waals surface area contributed by atoms with Gasteiger partial charge in [0.2, 0.25) is 5.13 Å². The van der Waals surface area contributed by atoms with Gasteiger partial charge < -0.3 is 9.80 Å². The van der Waals surface area contributed by atoms with Crippen molar-refractivity contribution in [2.75, 3.05) is 31.1 Å². The standard InChI is InChI=1S/C22H25N5OS/c23-16-19(15-17-7-3-1-4-8-17)21(28)26-11-13-27(14-12-26)22-25-24-20(29-22)18-9-5-2-6-10-18/h1,3-4,7-8,15,18H,2,5-6,9-14H2/b19-15+. The van der Waals surface area contributed by atoms with Gasteiger partial charge in [0.1, 0.15) is 16.6 Å². The molecule has 6 nitrogen and oxygen atoms in total. The second kappa shape index (κ2) is 9.19. The van der Waals surface area contributed by atoms with Crippen LogP contribution < -0.4 is 4.90 Å². The highest BCUT2D eigenvalue weighted by Gasteiger charge is 2.26. The Morgan fingerprint density at radius 3 is 2.48 bits per heavy atom. The average molecular weight is 408 g/mol. The van der Waals surface area contributed by atoms with E-state index in [4.69, 9.17) is 0 Å². The molecule has 0 bridgehead atoms. The highest BCUT2D eigenvalue weighted by molar-refractivity contribution is 7.15. The molecule has 2 heterocycles. The van der Waals surface area contributed by atoms with Crippen LogP contribution in [-0.2, 0) is 4.79 Å². The molecule has 2 aliphatic rings. The zero-order chi connectivity index (χ0) is 20.1. The van der Waals surface area contributed by atoms with Gasteiger partial charge in [-0.2, -0.15) is 5.26 Å². The molecule has 2 fully saturated rings. The third-order valence-corrected chi connectivity index (χ3v) is 6.83. The van der Waals surface area contributed by atoms with E-state index < -0.39 is 0 Å². The molecule has 7 heteroatoms. The first-order chi connectivity index (χ1) is 14.2. The molecular weight excluding hydrogens is 382 g/mol. The van der Waals surface area contributed by atoms with Gasteiger partial charge in [-0.15, -0.1) is 10.2 Å². The van der Waals surface area contributed by atoms with Crippen molar-refractivity contribution in [3.8, 4) is 6.07 Å². The van der Waals surface area contributed by atoms with E-state index in [1.165, 1.54) is 32.1 Å². The Kier molecular flexibility index (Phi) is 6.20. The maximum absolute atomic E-state index is 12.8. The van der Waals surface area contributed by atoms with Crippen molar-refractivity contribution in [2.24, 2.45) is 0 Å². The van der Waals surface area contributed by atoms with Crippen LogP contribution in [0.4, 0.5) is 5.13 Å². The number of nitrogens with zero attached hydrogens (tertiary/aromatic N) is 5. The molecule has 150 valence electrons. The quantitative estimate of drug-likeness (QED) is 0.569. The van der Waals surface area contributed by atoms with E-state index in [0.717, 1.165) is 28.8 Å². The zero-order valence-corrected chi connectivity index (χ0v) is 17.3. The number of nitriles is 1. The lowest BCUT2D eigenvalue weighted by Gasteiger charge is -2.34. The lowest BCUT2D eigenvalue weighted by atomic mass is 9.90. The van der Waals surface area contributed by atoms with Crippen LogP contribution in [0, 0.1) is 11.3 Å². The number of aromatic nitrogens is 2. The van der Waals surface area contributed by atoms with Gasteiger partial charge in [0, 0.05) is 32.1 Å². The topological polar surface area (TPSA) is 73.1 Å². The highest BCUT2D eigenvalue weighted by atomic mass is 32.1. The summed E-state index contributed by atoms with van der Waals surface area (Å²) in [4.78, 5) is 16.7. The summed E-state index contributed by atoms with van der Waals surface area (Å²) in [7, 11) is 0. The SMILES string of the molecule is N#C/C(=C\c1ccccc1)C(=O)N1CCN(c2nnc(C3CCCCC3)s2)CC1. The van der Waals surface area contributed by atoms with Crippen molar-refractivity contribution in [2.45, 2.75) is 38.0 Å². The summed E-state index contributed by atoms with van der Waals surface area (Å²) in [6.07, 6.45) is 8.02. The molecule has 0 radical (unpaired) electrons. The summed E-state index contributed by atoms with van der Waals surface area (Å²) in [5.41, 5.74) is 1.04. The van der Waals surface area contributed by atoms with Crippen molar-refractivity contribution >= 4 is 28.5 Å². The summed E-state index contributed by atoms with van der Waals surface area (Å²) in [6.45, 7) is 2.61. The molecule has 1 saturated carbocycles. The number of amides is 1. The normalized spacial score (nSPS) is 18.5. The second-order valence-corrected chi connectivity index (χ2v) is 8.61. The first-order valence-corrected chi connectivity index (χ1v) is 11.1. The number of carbonyl (C=O) groups excluding carboxylic acids is 1. The second-order valence-electron chi connectivity index (χ2n) is 7.62. The minimum atomic E-state index is -0.198. The van der Waals surface area contributed by atoms with Crippen molar-refractivity contribution in [1.29, 1.82) is 5.26 Å². The number of benzene rings is 1. The number of carbonyl (C=O) groups is 1. The Hall–Kier alpha value is -2.72. The third-order valence-electron chi connectivity index (χ3n) is 5.68. The van der Waals surface area contributed by atoms with Crippen LogP contribution in [0.25, 0.3) is 6.08 Å². The first-order valence-electron chi connectivity index (χ1n) is 10.3. The fraction of sp³-hybridized carbons (Fsp3) is 0.455. The van der Waals surface area contributed by atoms with E-state index in [-0.39, 0.29) is 11.5 Å². The summed E-state index contributed by atoms with van der Waals surface area (Å²) >= 11 is 1.70. The Morgan fingerprint density at radius 1 is 1.07 bits per heavy atom. The Morgan fingerprint density at radius 2 is 1.79 bits per heavy atom. The fourth-order valence-corrected chi connectivity index (χ4v) is 5.06. The molecule has 29 heavy (non-hydrogen) atoms. The van der Waals surface area contributed by atoms with Gasteiger partial charge in [-0.1, -0.05) is 60.9 Å². The molecule has 0 atom stereocenters. The van der Waals surface area contributed by atoms with E-state index >= 15 is 0 Å². The molecule has 0 unspecified atom stereocenters. The average Bonchev–Trinajstić information content (AvgIpc) is 3.29. The summed E-state index contributed by atoms with van der Waals surface area (Å²) < 4.78 is 0. The predicted molar refractivity (Wildman–Crippen MR) is 115 cm³/mol. The van der Waals surface area contributed by atoms with Gasteiger partial charge in [0.05, 0.1) is 0 Å². The molecule has 1 saturated heterocycles. The van der Waals surface area contributed by atoms with Crippen LogP contribution in [0.15, 0.2) is 35.9 Å². The fourth-order valence-electron chi connectivity index (χ4n) is 4.00. The van der Waals surface area contributed by atoms with E-state index in [0.29, 0.717) is 19.0 Å². The maximum atomic E-state index is 12.8. The third kappa shape index (κ3) is 4.65. The number of anilines is 1. The van der Waals surface area contributed by atoms with Gasteiger partial charge in [-0.25, -0.2) is 0 Å². The van der Waals surface area contributed by atoms with Gasteiger partial charge in [-0.05, 0) is 24.5 Å². The molecule has 0 N–H and O–H groups in total. The van der Waals surface area contributed by atoms with Crippen molar-refractivity contribution in [1.82, 2.24) is 15.1 Å². The molecule has 2 aromatic rings. The molecule has 1 aliphatic carbocycles. The van der Waals surface area contributed by atoms with Gasteiger partial charge in [0.25, 0.3) is 5.91 Å². The lowest BCUT2D eigenvalue weighted by Crippen LogP contribution is -2.49. The largest absolute Gasteiger partial charge is 0.343 e. The lowest BCUT2D eigenvalue weighted by molar-refractivity contribution is -0.126. The molecule has 0 spiro atoms. The number of piperazine rings is 1. The van der Waals surface area contributed by atoms with Crippen molar-refractivity contribution < 1.29 is 4.79 Å². The van der Waals surface area contributed by atoms with E-state index in [1.807, 2.05) is 30.3 Å². The number of rotatable bonds is 4. The van der Waals surface area contributed by atoms with Crippen LogP contribution in [0.1, 0.15) is 48.6 Å². The highest BCUT2D eigenvalue weighted by Crippen LogP contribution is 2.36. The molecular formula is C22H25N5OS. The van der Waals surface area contributed by atoms with Crippen molar-refractivity contribution in [3.05, 3.63) is 46.5 Å². The van der Waals surface area contributed by atoms with Crippen LogP contribution in [0.3, 0.4) is 0 Å². The van der Waals surface area contributed by atoms with Crippen LogP contribution >= 0.6 is 11.3 Å². The number of hydrogen-bond donors (Lipinski definition) is 0. The van der Waals surface area contributed by atoms with Gasteiger partial charge in [-0.3, -0.25) is 4.79 Å². The monoisotopic (exact) mass is 407 g/mol. The molecule has 1 amide bonds. The minimum Gasteiger partial charge on any atom is -0.343 e.